The van der Waals surface area contributed by atoms with E-state index in [2.05, 4.69) is 10.5 Å². The van der Waals surface area contributed by atoms with Gasteiger partial charge in [0.2, 0.25) is 10.0 Å². The molecule has 0 atom stereocenters. The van der Waals surface area contributed by atoms with Crippen molar-refractivity contribution in [3.8, 4) is 0 Å². The quantitative estimate of drug-likeness (QED) is 0.841. The van der Waals surface area contributed by atoms with E-state index >= 15 is 0 Å². The molecule has 0 aromatic carbocycles. The molecule has 10 heteroatoms. The molecule has 1 N–H and O–H groups in total. The zero-order valence-corrected chi connectivity index (χ0v) is 14.7. The second-order valence-electron chi connectivity index (χ2n) is 5.24. The van der Waals surface area contributed by atoms with Gasteiger partial charge in [-0.05, 0) is 18.4 Å². The first-order valence-electron chi connectivity index (χ1n) is 7.34. The van der Waals surface area contributed by atoms with E-state index in [9.17, 15) is 13.2 Å². The molecule has 130 valence electrons. The molecule has 2 aromatic heterocycles. The number of rotatable bonds is 5. The Balaban J connectivity index is 1.75. The number of thiophene rings is 1. The van der Waals surface area contributed by atoms with Crippen LogP contribution >= 0.6 is 11.3 Å². The van der Waals surface area contributed by atoms with Crippen LogP contribution in [0.15, 0.2) is 26.9 Å². The third-order valence-corrected chi connectivity index (χ3v) is 6.51. The first kappa shape index (κ1) is 17.1. The van der Waals surface area contributed by atoms with Crippen LogP contribution < -0.4 is 5.32 Å². The zero-order valence-electron chi connectivity index (χ0n) is 13.0. The first-order chi connectivity index (χ1) is 11.5. The number of ether oxygens (including phenoxy) is 1. The molecule has 0 spiro atoms. The topological polar surface area (TPSA) is 102 Å². The standard InChI is InChI=1S/C14H17N3O5S2/c1-10-8-11(16-22-10)9-15-14(18)13-12(2-7-23-13)24(19,20)17-3-5-21-6-4-17/h2,7-8H,3-6,9H2,1H3,(H,15,18). The second kappa shape index (κ2) is 7.01. The summed E-state index contributed by atoms with van der Waals surface area (Å²) in [5.74, 6) is 0.198. The van der Waals surface area contributed by atoms with Crippen LogP contribution in [-0.4, -0.2) is 50.1 Å². The van der Waals surface area contributed by atoms with Crippen LogP contribution in [0.4, 0.5) is 0 Å². The van der Waals surface area contributed by atoms with E-state index < -0.39 is 15.9 Å². The van der Waals surface area contributed by atoms with Crippen LogP contribution in [0.1, 0.15) is 21.1 Å². The Morgan fingerprint density at radius 2 is 2.17 bits per heavy atom. The predicted molar refractivity (Wildman–Crippen MR) is 86.3 cm³/mol. The van der Waals surface area contributed by atoms with Crippen molar-refractivity contribution in [1.29, 1.82) is 0 Å². The van der Waals surface area contributed by atoms with Gasteiger partial charge < -0.3 is 14.6 Å². The largest absolute Gasteiger partial charge is 0.379 e. The fourth-order valence-corrected chi connectivity index (χ4v) is 5.07. The Labute approximate surface area is 143 Å². The van der Waals surface area contributed by atoms with Crippen molar-refractivity contribution in [2.75, 3.05) is 26.3 Å². The van der Waals surface area contributed by atoms with E-state index in [1.165, 1.54) is 10.4 Å². The third-order valence-electron chi connectivity index (χ3n) is 3.53. The molecule has 0 unspecified atom stereocenters. The maximum atomic E-state index is 12.7. The fraction of sp³-hybridized carbons (Fsp3) is 0.429. The van der Waals surface area contributed by atoms with Gasteiger partial charge in [0.05, 0.1) is 19.8 Å². The Morgan fingerprint density at radius 3 is 2.83 bits per heavy atom. The zero-order chi connectivity index (χ0) is 17.2. The number of nitrogens with one attached hydrogen (secondary N) is 1. The summed E-state index contributed by atoms with van der Waals surface area (Å²) >= 11 is 1.10. The number of hydrogen-bond donors (Lipinski definition) is 1. The average Bonchev–Trinajstić information content (AvgIpc) is 3.23. The van der Waals surface area contributed by atoms with Crippen molar-refractivity contribution < 1.29 is 22.5 Å². The molecule has 8 nitrogen and oxygen atoms in total. The highest BCUT2D eigenvalue weighted by molar-refractivity contribution is 7.89. The second-order valence-corrected chi connectivity index (χ2v) is 8.06. The molecule has 0 radical (unpaired) electrons. The number of sulfonamides is 1. The SMILES string of the molecule is Cc1cc(CNC(=O)c2sccc2S(=O)(=O)N2CCOCC2)no1. The van der Waals surface area contributed by atoms with Gasteiger partial charge in [0, 0.05) is 19.2 Å². The number of aromatic nitrogens is 1. The Hall–Kier alpha value is -1.75. The van der Waals surface area contributed by atoms with E-state index in [0.29, 0.717) is 24.7 Å². The number of carbonyl (C=O) groups excluding carboxylic acids is 1. The highest BCUT2D eigenvalue weighted by atomic mass is 32.2. The normalized spacial score (nSPS) is 16.2. The van der Waals surface area contributed by atoms with Crippen molar-refractivity contribution in [3.05, 3.63) is 33.8 Å². The van der Waals surface area contributed by atoms with Crippen LogP contribution in [0.2, 0.25) is 0 Å². The van der Waals surface area contributed by atoms with Crippen molar-refractivity contribution in [1.82, 2.24) is 14.8 Å². The minimum absolute atomic E-state index is 0.0308. The Bertz CT molecular complexity index is 821. The monoisotopic (exact) mass is 371 g/mol. The van der Waals surface area contributed by atoms with Crippen LogP contribution in [-0.2, 0) is 21.3 Å². The van der Waals surface area contributed by atoms with E-state index in [1.54, 1.807) is 18.4 Å². The van der Waals surface area contributed by atoms with Gasteiger partial charge in [0.1, 0.15) is 21.2 Å². The van der Waals surface area contributed by atoms with Crippen molar-refractivity contribution in [2.24, 2.45) is 0 Å². The molecule has 0 saturated carbocycles. The van der Waals surface area contributed by atoms with Gasteiger partial charge in [-0.15, -0.1) is 11.3 Å². The summed E-state index contributed by atoms with van der Waals surface area (Å²) < 4.78 is 36.9. The van der Waals surface area contributed by atoms with Crippen molar-refractivity contribution in [3.63, 3.8) is 0 Å². The van der Waals surface area contributed by atoms with Crippen LogP contribution in [0.3, 0.4) is 0 Å². The maximum Gasteiger partial charge on any atom is 0.263 e. The van der Waals surface area contributed by atoms with Gasteiger partial charge in [-0.1, -0.05) is 5.16 Å². The molecular formula is C14H17N3O5S2. The summed E-state index contributed by atoms with van der Waals surface area (Å²) in [6.07, 6.45) is 0. The summed E-state index contributed by atoms with van der Waals surface area (Å²) in [5.41, 5.74) is 0.579. The maximum absolute atomic E-state index is 12.7. The summed E-state index contributed by atoms with van der Waals surface area (Å²) in [6, 6.07) is 3.17. The summed E-state index contributed by atoms with van der Waals surface area (Å²) in [5, 5.41) is 8.06. The van der Waals surface area contributed by atoms with Gasteiger partial charge in [-0.3, -0.25) is 4.79 Å². The average molecular weight is 371 g/mol. The molecule has 1 fully saturated rings. The molecule has 24 heavy (non-hydrogen) atoms. The minimum Gasteiger partial charge on any atom is -0.379 e. The molecular weight excluding hydrogens is 354 g/mol. The Morgan fingerprint density at radius 1 is 1.42 bits per heavy atom. The molecule has 1 saturated heterocycles. The number of carbonyl (C=O) groups is 1. The van der Waals surface area contributed by atoms with Crippen LogP contribution in [0.25, 0.3) is 0 Å². The number of nitrogens with zero attached hydrogens (tertiary/aromatic N) is 2. The van der Waals surface area contributed by atoms with E-state index in [1.807, 2.05) is 0 Å². The molecule has 2 aromatic rings. The lowest BCUT2D eigenvalue weighted by molar-refractivity contribution is 0.0730. The highest BCUT2D eigenvalue weighted by Gasteiger charge is 2.31. The fourth-order valence-electron chi connectivity index (χ4n) is 2.34. The predicted octanol–water partition coefficient (Wildman–Crippen LogP) is 0.995. The molecule has 0 bridgehead atoms. The number of morpholine rings is 1. The molecule has 3 heterocycles. The number of amides is 1. The van der Waals surface area contributed by atoms with Gasteiger partial charge in [0.25, 0.3) is 5.91 Å². The lowest BCUT2D eigenvalue weighted by Gasteiger charge is -2.26. The number of aryl methyl sites for hydroxylation is 1. The Kier molecular flexibility index (Phi) is 4.99. The molecule has 1 amide bonds. The van der Waals surface area contributed by atoms with E-state index in [4.69, 9.17) is 9.26 Å². The van der Waals surface area contributed by atoms with Gasteiger partial charge in [-0.2, -0.15) is 4.31 Å². The summed E-state index contributed by atoms with van der Waals surface area (Å²) in [7, 11) is -3.70. The van der Waals surface area contributed by atoms with Crippen molar-refractivity contribution in [2.45, 2.75) is 18.4 Å². The van der Waals surface area contributed by atoms with Crippen LogP contribution in [0, 0.1) is 6.92 Å². The highest BCUT2D eigenvalue weighted by Crippen LogP contribution is 2.26. The van der Waals surface area contributed by atoms with Gasteiger partial charge in [-0.25, -0.2) is 8.42 Å². The van der Waals surface area contributed by atoms with Crippen LogP contribution in [0.5, 0.6) is 0 Å². The molecule has 0 aliphatic carbocycles. The first-order valence-corrected chi connectivity index (χ1v) is 9.66. The number of hydrogen-bond acceptors (Lipinski definition) is 7. The molecule has 1 aliphatic rings. The van der Waals surface area contributed by atoms with Gasteiger partial charge >= 0.3 is 0 Å². The smallest absolute Gasteiger partial charge is 0.263 e. The van der Waals surface area contributed by atoms with Gasteiger partial charge in [0.15, 0.2) is 0 Å². The molecule has 1 aliphatic heterocycles. The lowest BCUT2D eigenvalue weighted by atomic mass is 10.3. The molecule has 3 rings (SSSR count). The van der Waals surface area contributed by atoms with E-state index in [-0.39, 0.29) is 29.4 Å². The lowest BCUT2D eigenvalue weighted by Crippen LogP contribution is -2.41. The third kappa shape index (κ3) is 3.51. The van der Waals surface area contributed by atoms with Crippen molar-refractivity contribution >= 4 is 27.3 Å². The minimum atomic E-state index is -3.70. The summed E-state index contributed by atoms with van der Waals surface area (Å²) in [6.45, 7) is 3.22. The van der Waals surface area contributed by atoms with E-state index in [0.717, 1.165) is 11.3 Å². The summed E-state index contributed by atoms with van der Waals surface area (Å²) in [4.78, 5) is 12.6.